The zero-order chi connectivity index (χ0) is 13.3. The Morgan fingerprint density at radius 2 is 1.83 bits per heavy atom. The van der Waals surface area contributed by atoms with Crippen molar-refractivity contribution in [3.05, 3.63) is 36.3 Å². The maximum absolute atomic E-state index is 12.8. The summed E-state index contributed by atoms with van der Waals surface area (Å²) in [4.78, 5) is 7.53. The molecule has 2 aromatic rings. The normalized spacial score (nSPS) is 11.4. The molecule has 2 N–H and O–H groups in total. The molecular formula is C11H10FN3O2S. The molecule has 0 unspecified atom stereocenters. The third kappa shape index (κ3) is 2.45. The molecule has 1 aromatic carbocycles. The number of anilines is 1. The summed E-state index contributed by atoms with van der Waals surface area (Å²) in [7, 11) is -3.48. The lowest BCUT2D eigenvalue weighted by molar-refractivity contribution is 0.601. The van der Waals surface area contributed by atoms with Crippen molar-refractivity contribution in [3.63, 3.8) is 0 Å². The number of nitrogens with zero attached hydrogens (tertiary/aromatic N) is 2. The molecule has 1 aromatic heterocycles. The predicted molar refractivity (Wildman–Crippen MR) is 64.9 cm³/mol. The number of sulfone groups is 1. The first-order chi connectivity index (χ1) is 8.38. The molecule has 0 aliphatic carbocycles. The average molecular weight is 267 g/mol. The maximum Gasteiger partial charge on any atom is 0.220 e. The summed E-state index contributed by atoms with van der Waals surface area (Å²) in [6.07, 6.45) is 2.20. The van der Waals surface area contributed by atoms with Crippen LogP contribution in [0, 0.1) is 5.82 Å². The molecule has 7 heteroatoms. The van der Waals surface area contributed by atoms with Gasteiger partial charge in [-0.1, -0.05) is 0 Å². The van der Waals surface area contributed by atoms with Gasteiger partial charge in [-0.2, -0.15) is 0 Å². The summed E-state index contributed by atoms with van der Waals surface area (Å²) in [6, 6.07) is 5.32. The van der Waals surface area contributed by atoms with Crippen molar-refractivity contribution in [1.82, 2.24) is 9.97 Å². The van der Waals surface area contributed by atoms with Crippen LogP contribution in [-0.2, 0) is 9.84 Å². The van der Waals surface area contributed by atoms with E-state index in [4.69, 9.17) is 5.73 Å². The minimum absolute atomic E-state index is 0.0386. The van der Waals surface area contributed by atoms with E-state index in [2.05, 4.69) is 9.97 Å². The molecule has 0 amide bonds. The number of aromatic nitrogens is 2. The summed E-state index contributed by atoms with van der Waals surface area (Å²) in [5.74, 6) is -0.455. The lowest BCUT2D eigenvalue weighted by Gasteiger charge is -2.07. The van der Waals surface area contributed by atoms with Crippen LogP contribution in [0.15, 0.2) is 35.4 Å². The van der Waals surface area contributed by atoms with Gasteiger partial charge in [-0.25, -0.2) is 22.8 Å². The topological polar surface area (TPSA) is 85.9 Å². The summed E-state index contributed by atoms with van der Waals surface area (Å²) in [6.45, 7) is 0. The van der Waals surface area contributed by atoms with Gasteiger partial charge in [-0.3, -0.25) is 0 Å². The number of hydrogen-bond donors (Lipinski definition) is 1. The van der Waals surface area contributed by atoms with Crippen LogP contribution in [0.4, 0.5) is 10.3 Å². The smallest absolute Gasteiger partial charge is 0.220 e. The summed E-state index contributed by atoms with van der Waals surface area (Å²) < 4.78 is 36.1. The first kappa shape index (κ1) is 12.4. The fourth-order valence-corrected chi connectivity index (χ4v) is 2.23. The van der Waals surface area contributed by atoms with Crippen molar-refractivity contribution in [1.29, 1.82) is 0 Å². The molecule has 0 radical (unpaired) electrons. The molecule has 0 saturated heterocycles. The van der Waals surface area contributed by atoms with E-state index in [9.17, 15) is 12.8 Å². The Balaban J connectivity index is 2.69. The van der Waals surface area contributed by atoms with E-state index in [0.717, 1.165) is 12.5 Å². The van der Waals surface area contributed by atoms with Gasteiger partial charge in [0.15, 0.2) is 9.84 Å². The quantitative estimate of drug-likeness (QED) is 0.885. The number of benzene rings is 1. The van der Waals surface area contributed by atoms with Gasteiger partial charge in [-0.15, -0.1) is 0 Å². The third-order valence-corrected chi connectivity index (χ3v) is 3.39. The van der Waals surface area contributed by atoms with E-state index >= 15 is 0 Å². The molecule has 0 bridgehead atoms. The van der Waals surface area contributed by atoms with E-state index in [-0.39, 0.29) is 16.5 Å². The fourth-order valence-electron chi connectivity index (χ4n) is 1.47. The van der Waals surface area contributed by atoms with Crippen molar-refractivity contribution in [2.75, 3.05) is 12.0 Å². The molecular weight excluding hydrogens is 257 g/mol. The van der Waals surface area contributed by atoms with E-state index in [0.29, 0.717) is 5.56 Å². The second kappa shape index (κ2) is 4.34. The highest BCUT2D eigenvalue weighted by Crippen LogP contribution is 2.25. The van der Waals surface area contributed by atoms with Crippen molar-refractivity contribution >= 4 is 15.8 Å². The van der Waals surface area contributed by atoms with Crippen LogP contribution < -0.4 is 5.73 Å². The largest absolute Gasteiger partial charge is 0.368 e. The highest BCUT2D eigenvalue weighted by molar-refractivity contribution is 7.90. The van der Waals surface area contributed by atoms with Gasteiger partial charge in [0.2, 0.25) is 5.95 Å². The van der Waals surface area contributed by atoms with E-state index in [1.165, 1.54) is 24.3 Å². The van der Waals surface area contributed by atoms with Gasteiger partial charge < -0.3 is 5.73 Å². The predicted octanol–water partition coefficient (Wildman–Crippen LogP) is 1.27. The highest BCUT2D eigenvalue weighted by Gasteiger charge is 2.17. The third-order valence-electron chi connectivity index (χ3n) is 2.29. The van der Waals surface area contributed by atoms with Crippen LogP contribution in [-0.4, -0.2) is 24.6 Å². The molecule has 0 saturated carbocycles. The Morgan fingerprint density at radius 1 is 1.22 bits per heavy atom. The first-order valence-corrected chi connectivity index (χ1v) is 6.85. The number of nitrogen functional groups attached to an aromatic ring is 1. The molecule has 0 atom stereocenters. The van der Waals surface area contributed by atoms with Crippen LogP contribution in [0.3, 0.4) is 0 Å². The van der Waals surface area contributed by atoms with Gasteiger partial charge in [0.25, 0.3) is 0 Å². The number of rotatable bonds is 2. The molecule has 0 aliphatic rings. The van der Waals surface area contributed by atoms with Gasteiger partial charge in [-0.05, 0) is 24.3 Å². The summed E-state index contributed by atoms with van der Waals surface area (Å²) in [5, 5.41) is 0. The minimum Gasteiger partial charge on any atom is -0.368 e. The number of nitrogens with two attached hydrogens (primary N) is 1. The second-order valence-electron chi connectivity index (χ2n) is 3.72. The standard InChI is InChI=1S/C11H10FN3O2S/c1-18(16,17)9-6-14-11(13)15-10(9)7-2-4-8(12)5-3-7/h2-6H,1H3,(H2,13,14,15). The highest BCUT2D eigenvalue weighted by atomic mass is 32.2. The SMILES string of the molecule is CS(=O)(=O)c1cnc(N)nc1-c1ccc(F)cc1. The average Bonchev–Trinajstić information content (AvgIpc) is 2.28. The van der Waals surface area contributed by atoms with Crippen LogP contribution in [0.2, 0.25) is 0 Å². The Labute approximate surface area is 103 Å². The van der Waals surface area contributed by atoms with Gasteiger partial charge in [0.1, 0.15) is 10.7 Å². The monoisotopic (exact) mass is 267 g/mol. The van der Waals surface area contributed by atoms with Gasteiger partial charge in [0, 0.05) is 11.8 Å². The maximum atomic E-state index is 12.8. The Hall–Kier alpha value is -2.02. The fraction of sp³-hybridized carbons (Fsp3) is 0.0909. The summed E-state index contributed by atoms with van der Waals surface area (Å²) >= 11 is 0. The van der Waals surface area contributed by atoms with Crippen molar-refractivity contribution in [3.8, 4) is 11.3 Å². The van der Waals surface area contributed by atoms with Crippen LogP contribution in [0.1, 0.15) is 0 Å². The Morgan fingerprint density at radius 3 is 2.39 bits per heavy atom. The zero-order valence-electron chi connectivity index (χ0n) is 9.46. The molecule has 18 heavy (non-hydrogen) atoms. The van der Waals surface area contributed by atoms with Crippen LogP contribution in [0.5, 0.6) is 0 Å². The van der Waals surface area contributed by atoms with E-state index in [1.807, 2.05) is 0 Å². The van der Waals surface area contributed by atoms with Crippen molar-refractivity contribution in [2.24, 2.45) is 0 Å². The zero-order valence-corrected chi connectivity index (χ0v) is 10.3. The minimum atomic E-state index is -3.48. The number of hydrogen-bond acceptors (Lipinski definition) is 5. The molecule has 5 nitrogen and oxygen atoms in total. The van der Waals surface area contributed by atoms with Gasteiger partial charge >= 0.3 is 0 Å². The lowest BCUT2D eigenvalue weighted by Crippen LogP contribution is -2.05. The first-order valence-electron chi connectivity index (χ1n) is 4.96. The molecule has 0 aliphatic heterocycles. The van der Waals surface area contributed by atoms with Crippen LogP contribution in [0.25, 0.3) is 11.3 Å². The van der Waals surface area contributed by atoms with E-state index < -0.39 is 15.7 Å². The molecule has 0 fully saturated rings. The summed E-state index contributed by atoms with van der Waals surface area (Å²) in [5.41, 5.74) is 6.08. The molecule has 1 heterocycles. The van der Waals surface area contributed by atoms with Crippen LogP contribution >= 0.6 is 0 Å². The van der Waals surface area contributed by atoms with Gasteiger partial charge in [0.05, 0.1) is 11.9 Å². The van der Waals surface area contributed by atoms with Crippen molar-refractivity contribution < 1.29 is 12.8 Å². The Kier molecular flexibility index (Phi) is 3.00. The van der Waals surface area contributed by atoms with Crippen molar-refractivity contribution in [2.45, 2.75) is 4.90 Å². The lowest BCUT2D eigenvalue weighted by atomic mass is 10.1. The molecule has 94 valence electrons. The van der Waals surface area contributed by atoms with E-state index in [1.54, 1.807) is 0 Å². The molecule has 0 spiro atoms. The Bertz CT molecular complexity index is 684. The molecule has 2 rings (SSSR count). The number of halogens is 1. The second-order valence-corrected chi connectivity index (χ2v) is 5.70.